The predicted octanol–water partition coefficient (Wildman–Crippen LogP) is 3.14. The van der Waals surface area contributed by atoms with E-state index >= 15 is 0 Å². The number of hydrogen-bond acceptors (Lipinski definition) is 2. The molecule has 0 fully saturated rings. The van der Waals surface area contributed by atoms with Gasteiger partial charge in [0.15, 0.2) is 0 Å². The molecular weight excluding hydrogens is 236 g/mol. The van der Waals surface area contributed by atoms with Crippen LogP contribution in [0.25, 0.3) is 0 Å². The molecule has 0 bridgehead atoms. The lowest BCUT2D eigenvalue weighted by molar-refractivity contribution is 0.156. The van der Waals surface area contributed by atoms with Crippen molar-refractivity contribution in [1.82, 2.24) is 0 Å². The van der Waals surface area contributed by atoms with Crippen LogP contribution in [0.5, 0.6) is 0 Å². The molecule has 0 heterocycles. The van der Waals surface area contributed by atoms with Gasteiger partial charge in [-0.25, -0.2) is 0 Å². The molecule has 0 aliphatic heterocycles. The van der Waals surface area contributed by atoms with E-state index in [0.29, 0.717) is 0 Å². The van der Waals surface area contributed by atoms with Crippen molar-refractivity contribution < 1.29 is 10.2 Å². The van der Waals surface area contributed by atoms with Crippen molar-refractivity contribution in [3.05, 3.63) is 70.8 Å². The molecule has 2 unspecified atom stereocenters. The summed E-state index contributed by atoms with van der Waals surface area (Å²) in [6.07, 6.45) is 1.87. The zero-order chi connectivity index (χ0) is 13.2. The summed E-state index contributed by atoms with van der Waals surface area (Å²) in [5.74, 6) is 0. The Hall–Kier alpha value is -1.64. The third-order valence-electron chi connectivity index (χ3n) is 3.88. The molecule has 19 heavy (non-hydrogen) atoms. The average molecular weight is 254 g/mol. The van der Waals surface area contributed by atoms with Crippen molar-refractivity contribution in [2.24, 2.45) is 0 Å². The van der Waals surface area contributed by atoms with Crippen molar-refractivity contribution in [3.8, 4) is 0 Å². The van der Waals surface area contributed by atoms with Gasteiger partial charge >= 0.3 is 0 Å². The molecule has 0 spiro atoms. The van der Waals surface area contributed by atoms with Gasteiger partial charge in [-0.3, -0.25) is 0 Å². The Kier molecular flexibility index (Phi) is 3.36. The zero-order valence-corrected chi connectivity index (χ0v) is 10.8. The number of aryl methyl sites for hydroxylation is 1. The second-order valence-electron chi connectivity index (χ2n) is 5.18. The van der Waals surface area contributed by atoms with Gasteiger partial charge in [0, 0.05) is 0 Å². The minimum absolute atomic E-state index is 0.383. The van der Waals surface area contributed by atoms with Crippen molar-refractivity contribution in [2.45, 2.75) is 31.5 Å². The van der Waals surface area contributed by atoms with Crippen LogP contribution in [0, 0.1) is 0 Å². The maximum Gasteiger partial charge on any atom is 0.104 e. The van der Waals surface area contributed by atoms with E-state index in [2.05, 4.69) is 0 Å². The lowest BCUT2D eigenvalue weighted by atomic mass is 9.87. The van der Waals surface area contributed by atoms with E-state index in [1.165, 1.54) is 5.56 Å². The van der Waals surface area contributed by atoms with Gasteiger partial charge in [0.05, 0.1) is 6.10 Å². The molecule has 2 aromatic carbocycles. The molecule has 2 N–H and O–H groups in total. The van der Waals surface area contributed by atoms with E-state index in [1.54, 1.807) is 0 Å². The standard InChI is InChI=1S/C17H18O2/c18-16-8-4-7-12-9-10-14(11-15(12)16)17(19)13-5-2-1-3-6-13/h1-3,5-6,9-11,16-19H,4,7-8H2. The summed E-state index contributed by atoms with van der Waals surface area (Å²) in [6, 6.07) is 15.6. The molecule has 0 saturated carbocycles. The lowest BCUT2D eigenvalue weighted by Crippen LogP contribution is -2.10. The van der Waals surface area contributed by atoms with Crippen LogP contribution >= 0.6 is 0 Å². The van der Waals surface area contributed by atoms with Crippen molar-refractivity contribution in [3.63, 3.8) is 0 Å². The maximum absolute atomic E-state index is 10.4. The fourth-order valence-corrected chi connectivity index (χ4v) is 2.79. The van der Waals surface area contributed by atoms with E-state index in [4.69, 9.17) is 0 Å². The van der Waals surface area contributed by atoms with Crippen LogP contribution in [0.3, 0.4) is 0 Å². The molecule has 0 radical (unpaired) electrons. The first-order chi connectivity index (χ1) is 9.25. The van der Waals surface area contributed by atoms with Gasteiger partial charge in [-0.05, 0) is 47.6 Å². The Morgan fingerprint density at radius 1 is 1.00 bits per heavy atom. The molecule has 0 saturated heterocycles. The van der Waals surface area contributed by atoms with Gasteiger partial charge in [0.1, 0.15) is 6.10 Å². The van der Waals surface area contributed by atoms with Gasteiger partial charge in [-0.15, -0.1) is 0 Å². The Morgan fingerprint density at radius 3 is 2.58 bits per heavy atom. The number of aliphatic hydroxyl groups excluding tert-OH is 2. The first kappa shape index (κ1) is 12.4. The summed E-state index contributed by atoms with van der Waals surface area (Å²) < 4.78 is 0. The molecule has 3 rings (SSSR count). The van der Waals surface area contributed by atoms with Gasteiger partial charge in [0.2, 0.25) is 0 Å². The molecule has 98 valence electrons. The van der Waals surface area contributed by atoms with Gasteiger partial charge in [-0.1, -0.05) is 42.5 Å². The van der Waals surface area contributed by atoms with Crippen LogP contribution in [0.1, 0.15) is 47.3 Å². The van der Waals surface area contributed by atoms with Crippen molar-refractivity contribution >= 4 is 0 Å². The Balaban J connectivity index is 1.96. The van der Waals surface area contributed by atoms with E-state index in [0.717, 1.165) is 36.0 Å². The molecule has 1 aliphatic carbocycles. The van der Waals surface area contributed by atoms with Crippen LogP contribution in [0.2, 0.25) is 0 Å². The van der Waals surface area contributed by atoms with Crippen LogP contribution in [0.15, 0.2) is 48.5 Å². The fraction of sp³-hybridized carbons (Fsp3) is 0.294. The monoisotopic (exact) mass is 254 g/mol. The van der Waals surface area contributed by atoms with Crippen LogP contribution in [-0.4, -0.2) is 10.2 Å². The van der Waals surface area contributed by atoms with E-state index in [-0.39, 0.29) is 6.10 Å². The first-order valence-corrected chi connectivity index (χ1v) is 6.79. The highest BCUT2D eigenvalue weighted by atomic mass is 16.3. The molecule has 2 aromatic rings. The molecule has 2 nitrogen and oxygen atoms in total. The minimum atomic E-state index is -0.624. The lowest BCUT2D eigenvalue weighted by Gasteiger charge is -2.23. The summed E-state index contributed by atoms with van der Waals surface area (Å²) in [5, 5.41) is 20.5. The quantitative estimate of drug-likeness (QED) is 0.864. The third kappa shape index (κ3) is 2.42. The van der Waals surface area contributed by atoms with E-state index < -0.39 is 6.10 Å². The predicted molar refractivity (Wildman–Crippen MR) is 74.8 cm³/mol. The fourth-order valence-electron chi connectivity index (χ4n) is 2.79. The summed E-state index contributed by atoms with van der Waals surface area (Å²) in [7, 11) is 0. The second kappa shape index (κ2) is 5.16. The average Bonchev–Trinajstić information content (AvgIpc) is 2.47. The molecule has 2 heteroatoms. The summed E-state index contributed by atoms with van der Waals surface area (Å²) in [4.78, 5) is 0. The van der Waals surface area contributed by atoms with Crippen LogP contribution < -0.4 is 0 Å². The highest BCUT2D eigenvalue weighted by Crippen LogP contribution is 2.32. The number of hydrogen-bond donors (Lipinski definition) is 2. The Morgan fingerprint density at radius 2 is 1.79 bits per heavy atom. The molecule has 1 aliphatic rings. The van der Waals surface area contributed by atoms with Gasteiger partial charge in [-0.2, -0.15) is 0 Å². The molecular formula is C17H18O2. The highest BCUT2D eigenvalue weighted by Gasteiger charge is 2.20. The number of rotatable bonds is 2. The number of aliphatic hydroxyl groups is 2. The van der Waals surface area contributed by atoms with E-state index in [9.17, 15) is 10.2 Å². The summed E-state index contributed by atoms with van der Waals surface area (Å²) in [5.41, 5.74) is 3.93. The third-order valence-corrected chi connectivity index (χ3v) is 3.88. The van der Waals surface area contributed by atoms with Gasteiger partial charge in [0.25, 0.3) is 0 Å². The summed E-state index contributed by atoms with van der Waals surface area (Å²) >= 11 is 0. The first-order valence-electron chi connectivity index (χ1n) is 6.79. The summed E-state index contributed by atoms with van der Waals surface area (Å²) in [6.45, 7) is 0. The van der Waals surface area contributed by atoms with Gasteiger partial charge < -0.3 is 10.2 Å². The Labute approximate surface area is 113 Å². The maximum atomic E-state index is 10.4. The van der Waals surface area contributed by atoms with Crippen LogP contribution in [-0.2, 0) is 6.42 Å². The van der Waals surface area contributed by atoms with Crippen molar-refractivity contribution in [2.75, 3.05) is 0 Å². The zero-order valence-electron chi connectivity index (χ0n) is 10.8. The smallest absolute Gasteiger partial charge is 0.104 e. The second-order valence-corrected chi connectivity index (χ2v) is 5.18. The topological polar surface area (TPSA) is 40.5 Å². The molecule has 2 atom stereocenters. The number of benzene rings is 2. The minimum Gasteiger partial charge on any atom is -0.388 e. The largest absolute Gasteiger partial charge is 0.388 e. The van der Waals surface area contributed by atoms with Crippen LogP contribution in [0.4, 0.5) is 0 Å². The van der Waals surface area contributed by atoms with Crippen molar-refractivity contribution in [1.29, 1.82) is 0 Å². The number of fused-ring (bicyclic) bond motifs is 1. The molecule has 0 aromatic heterocycles. The Bertz CT molecular complexity index is 563. The molecule has 0 amide bonds. The normalized spacial score (nSPS) is 19.8. The highest BCUT2D eigenvalue weighted by molar-refractivity contribution is 5.39. The SMILES string of the molecule is OC1CCCc2ccc(C(O)c3ccccc3)cc21. The van der Waals surface area contributed by atoms with E-state index in [1.807, 2.05) is 48.5 Å².